The summed E-state index contributed by atoms with van der Waals surface area (Å²) in [7, 11) is 1.38. The average molecular weight is 288 g/mol. The van der Waals surface area contributed by atoms with Crippen LogP contribution in [0.3, 0.4) is 0 Å². The van der Waals surface area contributed by atoms with E-state index in [1.807, 2.05) is 0 Å². The molecule has 19 heavy (non-hydrogen) atoms. The fourth-order valence-electron chi connectivity index (χ4n) is 2.41. The number of aromatic nitrogens is 2. The van der Waals surface area contributed by atoms with Gasteiger partial charge in [-0.25, -0.2) is 0 Å². The van der Waals surface area contributed by atoms with Crippen molar-refractivity contribution in [3.05, 3.63) is 21.5 Å². The molecule has 1 aromatic heterocycles. The molecule has 1 aromatic rings. The number of nitrogens with zero attached hydrogens (tertiary/aromatic N) is 3. The lowest BCUT2D eigenvalue weighted by molar-refractivity contribution is -0.384. The first-order valence-electron chi connectivity index (χ1n) is 5.99. The van der Waals surface area contributed by atoms with Gasteiger partial charge in [0, 0.05) is 0 Å². The van der Waals surface area contributed by atoms with Gasteiger partial charge in [0.05, 0.1) is 24.0 Å². The van der Waals surface area contributed by atoms with E-state index >= 15 is 0 Å². The summed E-state index contributed by atoms with van der Waals surface area (Å²) in [6, 6.07) is 0.0482. The van der Waals surface area contributed by atoms with Gasteiger partial charge in [-0.2, -0.15) is 5.10 Å². The largest absolute Gasteiger partial charge is 0.469 e. The first-order valence-corrected chi connectivity index (χ1v) is 6.37. The maximum atomic E-state index is 11.4. The highest BCUT2D eigenvalue weighted by Gasteiger charge is 2.29. The molecule has 1 aliphatic carbocycles. The molecule has 0 N–H and O–H groups in total. The maximum Gasteiger partial charge on any atom is 0.325 e. The SMILES string of the molecule is COC(=O)C1CCC(n2cc([N+](=O)[O-])c(Cl)n2)CC1. The van der Waals surface area contributed by atoms with Crippen molar-refractivity contribution in [3.63, 3.8) is 0 Å². The summed E-state index contributed by atoms with van der Waals surface area (Å²) in [4.78, 5) is 21.6. The monoisotopic (exact) mass is 287 g/mol. The van der Waals surface area contributed by atoms with E-state index in [1.165, 1.54) is 18.0 Å². The second kappa shape index (κ2) is 5.56. The van der Waals surface area contributed by atoms with Crippen molar-refractivity contribution in [1.29, 1.82) is 0 Å². The number of hydrogen-bond acceptors (Lipinski definition) is 5. The molecule has 104 valence electrons. The van der Waals surface area contributed by atoms with Gasteiger partial charge in [0.15, 0.2) is 0 Å². The van der Waals surface area contributed by atoms with E-state index in [-0.39, 0.29) is 28.8 Å². The number of carbonyl (C=O) groups excluding carboxylic acids is 1. The third-order valence-corrected chi connectivity index (χ3v) is 3.74. The van der Waals surface area contributed by atoms with Crippen LogP contribution in [0.25, 0.3) is 0 Å². The van der Waals surface area contributed by atoms with Crippen LogP contribution < -0.4 is 0 Å². The van der Waals surface area contributed by atoms with E-state index in [0.717, 1.165) is 12.8 Å². The van der Waals surface area contributed by atoms with Gasteiger partial charge in [0.25, 0.3) is 0 Å². The smallest absolute Gasteiger partial charge is 0.325 e. The molecule has 8 heteroatoms. The Morgan fingerprint density at radius 2 is 2.16 bits per heavy atom. The lowest BCUT2D eigenvalue weighted by Gasteiger charge is -2.26. The molecule has 0 aromatic carbocycles. The van der Waals surface area contributed by atoms with E-state index in [2.05, 4.69) is 5.10 Å². The first-order chi connectivity index (χ1) is 9.02. The van der Waals surface area contributed by atoms with Gasteiger partial charge in [-0.05, 0) is 25.7 Å². The summed E-state index contributed by atoms with van der Waals surface area (Å²) in [5.74, 6) is -0.273. The van der Waals surface area contributed by atoms with Crippen molar-refractivity contribution < 1.29 is 14.5 Å². The molecule has 2 rings (SSSR count). The van der Waals surface area contributed by atoms with E-state index in [9.17, 15) is 14.9 Å². The van der Waals surface area contributed by atoms with Crippen LogP contribution in [-0.4, -0.2) is 27.8 Å². The third-order valence-electron chi connectivity index (χ3n) is 3.47. The molecule has 0 amide bonds. The Labute approximate surface area is 114 Å². The summed E-state index contributed by atoms with van der Waals surface area (Å²) in [6.45, 7) is 0. The number of ether oxygens (including phenoxy) is 1. The maximum absolute atomic E-state index is 11.4. The Kier molecular flexibility index (Phi) is 4.04. The molecule has 7 nitrogen and oxygen atoms in total. The molecular weight excluding hydrogens is 274 g/mol. The third kappa shape index (κ3) is 2.86. The van der Waals surface area contributed by atoms with Gasteiger partial charge in [-0.15, -0.1) is 0 Å². The van der Waals surface area contributed by atoms with E-state index < -0.39 is 4.92 Å². The molecule has 0 unspecified atom stereocenters. The minimum absolute atomic E-state index is 0.0482. The fraction of sp³-hybridized carbons (Fsp3) is 0.636. The summed E-state index contributed by atoms with van der Waals surface area (Å²) in [5.41, 5.74) is -0.184. The highest BCUT2D eigenvalue weighted by atomic mass is 35.5. The number of methoxy groups -OCH3 is 1. The van der Waals surface area contributed by atoms with Crippen LogP contribution in [0.2, 0.25) is 5.15 Å². The number of halogens is 1. The second-order valence-electron chi connectivity index (χ2n) is 4.57. The molecule has 0 saturated heterocycles. The molecule has 0 bridgehead atoms. The van der Waals surface area contributed by atoms with Crippen LogP contribution in [0.4, 0.5) is 5.69 Å². The van der Waals surface area contributed by atoms with Crippen molar-refractivity contribution in [2.24, 2.45) is 5.92 Å². The predicted octanol–water partition coefficient (Wildman–Crippen LogP) is 2.35. The molecule has 0 atom stereocenters. The zero-order chi connectivity index (χ0) is 14.0. The molecule has 1 saturated carbocycles. The fourth-order valence-corrected chi connectivity index (χ4v) is 2.62. The quantitative estimate of drug-likeness (QED) is 0.484. The summed E-state index contributed by atoms with van der Waals surface area (Å²) >= 11 is 5.71. The molecule has 1 fully saturated rings. The first kappa shape index (κ1) is 13.8. The minimum Gasteiger partial charge on any atom is -0.469 e. The minimum atomic E-state index is -0.550. The van der Waals surface area contributed by atoms with Crippen LogP contribution in [0.15, 0.2) is 6.20 Å². The average Bonchev–Trinajstić information content (AvgIpc) is 2.80. The van der Waals surface area contributed by atoms with Crippen LogP contribution in [0, 0.1) is 16.0 Å². The normalized spacial score (nSPS) is 23.1. The van der Waals surface area contributed by atoms with Gasteiger partial charge in [0.2, 0.25) is 5.15 Å². The van der Waals surface area contributed by atoms with Gasteiger partial charge in [0.1, 0.15) is 6.20 Å². The van der Waals surface area contributed by atoms with E-state index in [0.29, 0.717) is 12.8 Å². The van der Waals surface area contributed by atoms with Crippen molar-refractivity contribution >= 4 is 23.3 Å². The highest BCUT2D eigenvalue weighted by Crippen LogP contribution is 2.34. The molecular formula is C11H14ClN3O4. The van der Waals surface area contributed by atoms with Crippen molar-refractivity contribution in [2.45, 2.75) is 31.7 Å². The number of nitro groups is 1. The molecule has 1 heterocycles. The van der Waals surface area contributed by atoms with Crippen LogP contribution >= 0.6 is 11.6 Å². The molecule has 0 aliphatic heterocycles. The summed E-state index contributed by atoms with van der Waals surface area (Å²) in [5, 5.41) is 14.6. The second-order valence-corrected chi connectivity index (χ2v) is 4.93. The number of esters is 1. The standard InChI is InChI=1S/C11H14ClN3O4/c1-19-11(16)7-2-4-8(5-3-7)14-6-9(15(17)18)10(12)13-14/h6-8H,2-5H2,1H3. The summed E-state index contributed by atoms with van der Waals surface area (Å²) < 4.78 is 6.25. The van der Waals surface area contributed by atoms with Crippen molar-refractivity contribution in [1.82, 2.24) is 9.78 Å². The van der Waals surface area contributed by atoms with Crippen LogP contribution in [0.5, 0.6) is 0 Å². The van der Waals surface area contributed by atoms with Crippen LogP contribution in [-0.2, 0) is 9.53 Å². The number of rotatable bonds is 3. The van der Waals surface area contributed by atoms with E-state index in [4.69, 9.17) is 16.3 Å². The predicted molar refractivity (Wildman–Crippen MR) is 66.9 cm³/mol. The number of carbonyl (C=O) groups is 1. The molecule has 0 radical (unpaired) electrons. The number of hydrogen-bond donors (Lipinski definition) is 0. The zero-order valence-electron chi connectivity index (χ0n) is 10.4. The Balaban J connectivity index is 2.04. The van der Waals surface area contributed by atoms with Gasteiger partial charge >= 0.3 is 11.7 Å². The van der Waals surface area contributed by atoms with Gasteiger partial charge < -0.3 is 4.74 Å². The van der Waals surface area contributed by atoms with Crippen molar-refractivity contribution in [2.75, 3.05) is 7.11 Å². The zero-order valence-corrected chi connectivity index (χ0v) is 11.2. The van der Waals surface area contributed by atoms with Crippen molar-refractivity contribution in [3.8, 4) is 0 Å². The summed E-state index contributed by atoms with van der Waals surface area (Å²) in [6.07, 6.45) is 4.21. The highest BCUT2D eigenvalue weighted by molar-refractivity contribution is 6.31. The lowest BCUT2D eigenvalue weighted by Crippen LogP contribution is -2.24. The molecule has 1 aliphatic rings. The van der Waals surface area contributed by atoms with Gasteiger partial charge in [-0.3, -0.25) is 19.6 Å². The Hall–Kier alpha value is -1.63. The molecule has 0 spiro atoms. The van der Waals surface area contributed by atoms with Crippen LogP contribution in [0.1, 0.15) is 31.7 Å². The Morgan fingerprint density at radius 1 is 1.53 bits per heavy atom. The Bertz CT molecular complexity index is 494. The lowest BCUT2D eigenvalue weighted by atomic mass is 9.86. The topological polar surface area (TPSA) is 87.3 Å². The van der Waals surface area contributed by atoms with E-state index in [1.54, 1.807) is 0 Å². The Morgan fingerprint density at radius 3 is 2.63 bits per heavy atom. The van der Waals surface area contributed by atoms with Gasteiger partial charge in [-0.1, -0.05) is 11.6 Å².